The predicted octanol–water partition coefficient (Wildman–Crippen LogP) is 3.19. The summed E-state index contributed by atoms with van der Waals surface area (Å²) in [4.78, 5) is 25.7. The summed E-state index contributed by atoms with van der Waals surface area (Å²) in [6, 6.07) is -0.574. The number of thiophene rings is 1. The maximum absolute atomic E-state index is 12.6. The maximum atomic E-state index is 12.6. The Morgan fingerprint density at radius 1 is 1.45 bits per heavy atom. The van der Waals surface area contributed by atoms with E-state index in [2.05, 4.69) is 12.2 Å². The van der Waals surface area contributed by atoms with Gasteiger partial charge >= 0.3 is 5.97 Å². The van der Waals surface area contributed by atoms with Gasteiger partial charge < -0.3 is 10.1 Å². The van der Waals surface area contributed by atoms with Crippen LogP contribution in [0.2, 0.25) is 0 Å². The fourth-order valence-electron chi connectivity index (χ4n) is 2.93. The van der Waals surface area contributed by atoms with Gasteiger partial charge in [0.1, 0.15) is 6.04 Å². The molecule has 122 valence electrons. The van der Waals surface area contributed by atoms with Crippen molar-refractivity contribution in [3.8, 4) is 0 Å². The van der Waals surface area contributed by atoms with E-state index in [0.717, 1.165) is 24.8 Å². The molecule has 0 aliphatic heterocycles. The molecule has 0 bridgehead atoms. The van der Waals surface area contributed by atoms with Crippen LogP contribution >= 0.6 is 11.3 Å². The van der Waals surface area contributed by atoms with Gasteiger partial charge in [-0.25, -0.2) is 4.79 Å². The minimum atomic E-state index is -0.574. The Kier molecular flexibility index (Phi) is 5.62. The molecule has 0 saturated carbocycles. The second-order valence-electron chi connectivity index (χ2n) is 6.58. The fourth-order valence-corrected chi connectivity index (χ4v) is 4.18. The van der Waals surface area contributed by atoms with Gasteiger partial charge in [-0.05, 0) is 43.1 Å². The Bertz CT molecular complexity index is 550. The first-order valence-corrected chi connectivity index (χ1v) is 8.78. The SMILES string of the molecule is COC(=O)[C@H](CC(C)C)NC(=O)c1csc2c1CC[C@@H](C)C2. The smallest absolute Gasteiger partial charge is 0.328 e. The average Bonchev–Trinajstić information content (AvgIpc) is 2.88. The summed E-state index contributed by atoms with van der Waals surface area (Å²) in [5, 5.41) is 4.79. The van der Waals surface area contributed by atoms with Crippen LogP contribution in [0.25, 0.3) is 0 Å². The summed E-state index contributed by atoms with van der Waals surface area (Å²) < 4.78 is 4.81. The van der Waals surface area contributed by atoms with E-state index in [9.17, 15) is 9.59 Å². The van der Waals surface area contributed by atoms with Gasteiger partial charge in [-0.15, -0.1) is 11.3 Å². The second-order valence-corrected chi connectivity index (χ2v) is 7.54. The summed E-state index contributed by atoms with van der Waals surface area (Å²) in [5.41, 5.74) is 1.92. The highest BCUT2D eigenvalue weighted by atomic mass is 32.1. The quantitative estimate of drug-likeness (QED) is 0.847. The number of hydrogen-bond acceptors (Lipinski definition) is 4. The lowest BCUT2D eigenvalue weighted by Gasteiger charge is -2.21. The summed E-state index contributed by atoms with van der Waals surface area (Å²) >= 11 is 1.66. The number of methoxy groups -OCH3 is 1. The van der Waals surface area contributed by atoms with E-state index in [1.807, 2.05) is 19.2 Å². The summed E-state index contributed by atoms with van der Waals surface area (Å²) in [7, 11) is 1.36. The largest absolute Gasteiger partial charge is 0.467 e. The van der Waals surface area contributed by atoms with Gasteiger partial charge in [0.25, 0.3) is 5.91 Å². The molecule has 1 aliphatic rings. The van der Waals surface area contributed by atoms with E-state index < -0.39 is 6.04 Å². The van der Waals surface area contributed by atoms with Crippen LogP contribution in [0.4, 0.5) is 0 Å². The van der Waals surface area contributed by atoms with Crippen LogP contribution in [0.15, 0.2) is 5.38 Å². The van der Waals surface area contributed by atoms with Crippen LogP contribution in [0.1, 0.15) is 54.4 Å². The Hall–Kier alpha value is -1.36. The lowest BCUT2D eigenvalue weighted by molar-refractivity contribution is -0.143. The van der Waals surface area contributed by atoms with E-state index in [1.54, 1.807) is 11.3 Å². The number of ether oxygens (including phenoxy) is 1. The third-order valence-corrected chi connectivity index (χ3v) is 5.20. The van der Waals surface area contributed by atoms with Crippen molar-refractivity contribution < 1.29 is 14.3 Å². The van der Waals surface area contributed by atoms with Gasteiger partial charge in [-0.3, -0.25) is 4.79 Å². The second kappa shape index (κ2) is 7.27. The molecule has 1 aromatic heterocycles. The Balaban J connectivity index is 2.12. The standard InChI is InChI=1S/C17H25NO3S/c1-10(2)7-14(17(20)21-4)18-16(19)13-9-22-15-8-11(3)5-6-12(13)15/h9-11,14H,5-8H2,1-4H3,(H,18,19)/t11-,14+/m1/s1. The number of amides is 1. The van der Waals surface area contributed by atoms with Gasteiger partial charge in [0.05, 0.1) is 12.7 Å². The van der Waals surface area contributed by atoms with Crippen molar-refractivity contribution in [3.63, 3.8) is 0 Å². The van der Waals surface area contributed by atoms with Crippen LogP contribution in [-0.4, -0.2) is 25.0 Å². The summed E-state index contributed by atoms with van der Waals surface area (Å²) in [5.74, 6) is 0.468. The Labute approximate surface area is 136 Å². The maximum Gasteiger partial charge on any atom is 0.328 e. The lowest BCUT2D eigenvalue weighted by Crippen LogP contribution is -2.42. The molecule has 1 heterocycles. The zero-order chi connectivity index (χ0) is 16.3. The molecule has 1 N–H and O–H groups in total. The summed E-state index contributed by atoms with van der Waals surface area (Å²) in [6.45, 7) is 6.30. The van der Waals surface area contributed by atoms with Crippen LogP contribution in [0.3, 0.4) is 0 Å². The van der Waals surface area contributed by atoms with E-state index in [4.69, 9.17) is 4.74 Å². The highest BCUT2D eigenvalue weighted by molar-refractivity contribution is 7.10. The van der Waals surface area contributed by atoms with Crippen LogP contribution in [-0.2, 0) is 22.4 Å². The molecule has 0 spiro atoms. The van der Waals surface area contributed by atoms with Gasteiger partial charge in [-0.1, -0.05) is 20.8 Å². The molecule has 0 saturated heterocycles. The van der Waals surface area contributed by atoms with Crippen molar-refractivity contribution in [1.82, 2.24) is 5.32 Å². The van der Waals surface area contributed by atoms with Gasteiger partial charge in [0.15, 0.2) is 0 Å². The normalized spacial score (nSPS) is 18.7. The first-order chi connectivity index (χ1) is 10.4. The molecule has 22 heavy (non-hydrogen) atoms. The highest BCUT2D eigenvalue weighted by Gasteiger charge is 2.27. The average molecular weight is 323 g/mol. The third-order valence-electron chi connectivity index (χ3n) is 4.14. The fraction of sp³-hybridized carbons (Fsp3) is 0.647. The molecule has 1 aromatic rings. The lowest BCUT2D eigenvalue weighted by atomic mass is 9.88. The minimum Gasteiger partial charge on any atom is -0.467 e. The van der Waals surface area contributed by atoms with Crippen molar-refractivity contribution in [3.05, 3.63) is 21.4 Å². The molecule has 4 nitrogen and oxygen atoms in total. The van der Waals surface area contributed by atoms with E-state index >= 15 is 0 Å². The van der Waals surface area contributed by atoms with E-state index in [1.165, 1.54) is 17.6 Å². The molecule has 1 amide bonds. The number of carbonyl (C=O) groups excluding carboxylic acids is 2. The van der Waals surface area contributed by atoms with Crippen molar-refractivity contribution in [2.75, 3.05) is 7.11 Å². The van der Waals surface area contributed by atoms with Gasteiger partial charge in [0.2, 0.25) is 0 Å². The minimum absolute atomic E-state index is 0.150. The molecule has 0 fully saturated rings. The zero-order valence-electron chi connectivity index (χ0n) is 13.8. The molecule has 0 unspecified atom stereocenters. The Morgan fingerprint density at radius 2 is 2.18 bits per heavy atom. The number of nitrogens with one attached hydrogen (secondary N) is 1. The highest BCUT2D eigenvalue weighted by Crippen LogP contribution is 2.32. The van der Waals surface area contributed by atoms with Crippen molar-refractivity contribution >= 4 is 23.2 Å². The van der Waals surface area contributed by atoms with Crippen LogP contribution < -0.4 is 5.32 Å². The molecular weight excluding hydrogens is 298 g/mol. The van der Waals surface area contributed by atoms with Gasteiger partial charge in [-0.2, -0.15) is 0 Å². The first-order valence-electron chi connectivity index (χ1n) is 7.90. The molecule has 0 aromatic carbocycles. The molecule has 2 atom stereocenters. The number of fused-ring (bicyclic) bond motifs is 1. The van der Waals surface area contributed by atoms with Crippen molar-refractivity contribution in [2.24, 2.45) is 11.8 Å². The molecule has 2 rings (SSSR count). The molecule has 1 aliphatic carbocycles. The first kappa shape index (κ1) is 17.0. The van der Waals surface area contributed by atoms with E-state index in [-0.39, 0.29) is 11.9 Å². The number of esters is 1. The van der Waals surface area contributed by atoms with Crippen LogP contribution in [0.5, 0.6) is 0 Å². The van der Waals surface area contributed by atoms with E-state index in [0.29, 0.717) is 18.3 Å². The zero-order valence-corrected chi connectivity index (χ0v) is 14.6. The van der Waals surface area contributed by atoms with Crippen molar-refractivity contribution in [2.45, 2.75) is 52.5 Å². The Morgan fingerprint density at radius 3 is 2.82 bits per heavy atom. The van der Waals surface area contributed by atoms with Crippen LogP contribution in [0, 0.1) is 11.8 Å². The van der Waals surface area contributed by atoms with Crippen molar-refractivity contribution in [1.29, 1.82) is 0 Å². The van der Waals surface area contributed by atoms with Gasteiger partial charge in [0, 0.05) is 10.3 Å². The topological polar surface area (TPSA) is 55.4 Å². The number of hydrogen-bond donors (Lipinski definition) is 1. The number of carbonyl (C=O) groups is 2. The molecule has 0 radical (unpaired) electrons. The molecular formula is C17H25NO3S. The predicted molar refractivity (Wildman–Crippen MR) is 88.2 cm³/mol. The number of rotatable bonds is 5. The third kappa shape index (κ3) is 3.88. The summed E-state index contributed by atoms with van der Waals surface area (Å²) in [6.07, 6.45) is 3.72. The molecule has 5 heteroatoms. The monoisotopic (exact) mass is 323 g/mol.